The second kappa shape index (κ2) is 6.70. The molecule has 0 spiro atoms. The van der Waals surface area contributed by atoms with E-state index in [1.165, 1.54) is 13.2 Å². The van der Waals surface area contributed by atoms with Crippen molar-refractivity contribution in [3.63, 3.8) is 0 Å². The number of aromatic nitrogens is 3. The standard InChI is InChI=1S/C18H15N3O2/c1-23-17(22)8-7-15-13-21(16-5-3-2-4-6-16)20-18(15)14-9-11-19-12-10-14/h2-13H,1H3. The molecule has 0 fully saturated rings. The van der Waals surface area contributed by atoms with Gasteiger partial charge in [0.1, 0.15) is 5.69 Å². The lowest BCUT2D eigenvalue weighted by Crippen LogP contribution is -1.93. The van der Waals surface area contributed by atoms with Crippen molar-refractivity contribution in [2.45, 2.75) is 0 Å². The molecule has 0 aliphatic heterocycles. The Kier molecular flexibility index (Phi) is 4.29. The van der Waals surface area contributed by atoms with Crippen molar-refractivity contribution < 1.29 is 9.53 Å². The second-order valence-corrected chi connectivity index (χ2v) is 4.81. The molecule has 0 saturated carbocycles. The van der Waals surface area contributed by atoms with Crippen molar-refractivity contribution in [1.29, 1.82) is 0 Å². The van der Waals surface area contributed by atoms with Gasteiger partial charge in [-0.1, -0.05) is 18.2 Å². The maximum atomic E-state index is 11.4. The Morgan fingerprint density at radius 3 is 2.57 bits per heavy atom. The fraction of sp³-hybridized carbons (Fsp3) is 0.0556. The second-order valence-electron chi connectivity index (χ2n) is 4.81. The predicted octanol–water partition coefficient (Wildman–Crippen LogP) is 3.12. The molecule has 0 aliphatic rings. The third kappa shape index (κ3) is 3.35. The van der Waals surface area contributed by atoms with Crippen LogP contribution in [0.2, 0.25) is 0 Å². The number of carbonyl (C=O) groups is 1. The third-order valence-electron chi connectivity index (χ3n) is 3.32. The molecule has 2 aromatic heterocycles. The summed E-state index contributed by atoms with van der Waals surface area (Å²) in [7, 11) is 1.35. The molecular formula is C18H15N3O2. The smallest absolute Gasteiger partial charge is 0.330 e. The lowest BCUT2D eigenvalue weighted by atomic mass is 10.1. The van der Waals surface area contributed by atoms with E-state index >= 15 is 0 Å². The first kappa shape index (κ1) is 14.7. The number of para-hydroxylation sites is 1. The molecule has 1 aromatic carbocycles. The van der Waals surface area contributed by atoms with Gasteiger partial charge in [0.25, 0.3) is 0 Å². The van der Waals surface area contributed by atoms with E-state index in [9.17, 15) is 4.79 Å². The van der Waals surface area contributed by atoms with Gasteiger partial charge in [-0.2, -0.15) is 5.10 Å². The highest BCUT2D eigenvalue weighted by molar-refractivity contribution is 5.88. The monoisotopic (exact) mass is 305 g/mol. The molecule has 23 heavy (non-hydrogen) atoms. The molecule has 5 nitrogen and oxygen atoms in total. The summed E-state index contributed by atoms with van der Waals surface area (Å²) in [5.74, 6) is -0.405. The summed E-state index contributed by atoms with van der Waals surface area (Å²) in [5.41, 5.74) is 3.47. The van der Waals surface area contributed by atoms with Crippen LogP contribution in [0.1, 0.15) is 5.56 Å². The summed E-state index contributed by atoms with van der Waals surface area (Å²) in [4.78, 5) is 15.4. The van der Waals surface area contributed by atoms with E-state index in [2.05, 4.69) is 14.8 Å². The van der Waals surface area contributed by atoms with Gasteiger partial charge in [0.05, 0.1) is 12.8 Å². The molecule has 0 bridgehead atoms. The van der Waals surface area contributed by atoms with Crippen LogP contribution in [0.3, 0.4) is 0 Å². The first-order valence-electron chi connectivity index (χ1n) is 7.09. The highest BCUT2D eigenvalue weighted by Crippen LogP contribution is 2.24. The maximum absolute atomic E-state index is 11.4. The van der Waals surface area contributed by atoms with Crippen LogP contribution in [0.4, 0.5) is 0 Å². The highest BCUT2D eigenvalue weighted by atomic mass is 16.5. The first-order valence-corrected chi connectivity index (χ1v) is 7.09. The number of methoxy groups -OCH3 is 1. The van der Waals surface area contributed by atoms with Crippen molar-refractivity contribution in [3.05, 3.63) is 72.7 Å². The Morgan fingerprint density at radius 2 is 1.87 bits per heavy atom. The molecule has 2 heterocycles. The van der Waals surface area contributed by atoms with Crippen LogP contribution in [-0.4, -0.2) is 27.8 Å². The van der Waals surface area contributed by atoms with Crippen LogP contribution in [0, 0.1) is 0 Å². The first-order chi connectivity index (χ1) is 11.3. The van der Waals surface area contributed by atoms with Gasteiger partial charge in [-0.25, -0.2) is 9.48 Å². The van der Waals surface area contributed by atoms with Gasteiger partial charge in [-0.15, -0.1) is 0 Å². The average Bonchev–Trinajstić information content (AvgIpc) is 3.05. The SMILES string of the molecule is COC(=O)C=Cc1cn(-c2ccccc2)nc1-c1ccncc1. The largest absolute Gasteiger partial charge is 0.466 e. The zero-order valence-electron chi connectivity index (χ0n) is 12.6. The third-order valence-corrected chi connectivity index (χ3v) is 3.32. The lowest BCUT2D eigenvalue weighted by molar-refractivity contribution is -0.134. The van der Waals surface area contributed by atoms with Crippen LogP contribution in [0.25, 0.3) is 23.0 Å². The maximum Gasteiger partial charge on any atom is 0.330 e. The van der Waals surface area contributed by atoms with E-state index in [1.54, 1.807) is 23.2 Å². The number of ether oxygens (including phenoxy) is 1. The number of pyridine rings is 1. The van der Waals surface area contributed by atoms with Gasteiger partial charge in [0.2, 0.25) is 0 Å². The topological polar surface area (TPSA) is 57.0 Å². The number of benzene rings is 1. The van der Waals surface area contributed by atoms with Crippen LogP contribution < -0.4 is 0 Å². The molecular weight excluding hydrogens is 290 g/mol. The van der Waals surface area contributed by atoms with Crippen LogP contribution >= 0.6 is 0 Å². The van der Waals surface area contributed by atoms with E-state index in [1.807, 2.05) is 48.7 Å². The van der Waals surface area contributed by atoms with E-state index in [0.717, 1.165) is 22.5 Å². The number of hydrogen-bond donors (Lipinski definition) is 0. The molecule has 0 aliphatic carbocycles. The normalized spacial score (nSPS) is 10.8. The molecule has 5 heteroatoms. The zero-order valence-corrected chi connectivity index (χ0v) is 12.6. The van der Waals surface area contributed by atoms with E-state index in [-0.39, 0.29) is 0 Å². The van der Waals surface area contributed by atoms with Crippen molar-refractivity contribution >= 4 is 12.0 Å². The van der Waals surface area contributed by atoms with E-state index in [0.29, 0.717) is 0 Å². The molecule has 3 aromatic rings. The minimum Gasteiger partial charge on any atom is -0.466 e. The van der Waals surface area contributed by atoms with Gasteiger partial charge in [-0.3, -0.25) is 4.98 Å². The number of carbonyl (C=O) groups excluding carboxylic acids is 1. The minimum absolute atomic E-state index is 0.405. The zero-order chi connectivity index (χ0) is 16.1. The predicted molar refractivity (Wildman–Crippen MR) is 87.8 cm³/mol. The minimum atomic E-state index is -0.405. The quantitative estimate of drug-likeness (QED) is 0.549. The molecule has 0 radical (unpaired) electrons. The van der Waals surface area contributed by atoms with Gasteiger partial charge < -0.3 is 4.74 Å². The molecule has 0 saturated heterocycles. The molecule has 3 rings (SSSR count). The Labute approximate surface area is 133 Å². The summed E-state index contributed by atoms with van der Waals surface area (Å²) < 4.78 is 6.43. The van der Waals surface area contributed by atoms with Crippen molar-refractivity contribution in [2.24, 2.45) is 0 Å². The van der Waals surface area contributed by atoms with Gasteiger partial charge in [0, 0.05) is 35.8 Å². The molecule has 0 unspecified atom stereocenters. The van der Waals surface area contributed by atoms with Crippen LogP contribution in [-0.2, 0) is 9.53 Å². The lowest BCUT2D eigenvalue weighted by Gasteiger charge is -2.00. The van der Waals surface area contributed by atoms with Gasteiger partial charge in [-0.05, 0) is 30.3 Å². The van der Waals surface area contributed by atoms with Crippen LogP contribution in [0.15, 0.2) is 67.1 Å². The molecule has 0 atom stereocenters. The Balaban J connectivity index is 2.07. The summed E-state index contributed by atoms with van der Waals surface area (Å²) in [6.45, 7) is 0. The highest BCUT2D eigenvalue weighted by Gasteiger charge is 2.10. The van der Waals surface area contributed by atoms with Gasteiger partial charge >= 0.3 is 5.97 Å². The summed E-state index contributed by atoms with van der Waals surface area (Å²) in [6.07, 6.45) is 8.39. The van der Waals surface area contributed by atoms with E-state index in [4.69, 9.17) is 0 Å². The molecule has 0 amide bonds. The number of hydrogen-bond acceptors (Lipinski definition) is 4. The average molecular weight is 305 g/mol. The summed E-state index contributed by atoms with van der Waals surface area (Å²) >= 11 is 0. The Morgan fingerprint density at radius 1 is 1.13 bits per heavy atom. The molecule has 0 N–H and O–H groups in total. The number of rotatable bonds is 4. The van der Waals surface area contributed by atoms with Crippen molar-refractivity contribution in [3.8, 4) is 16.9 Å². The van der Waals surface area contributed by atoms with E-state index < -0.39 is 5.97 Å². The van der Waals surface area contributed by atoms with Gasteiger partial charge in [0.15, 0.2) is 0 Å². The molecule has 114 valence electrons. The number of nitrogens with zero attached hydrogens (tertiary/aromatic N) is 3. The van der Waals surface area contributed by atoms with Crippen molar-refractivity contribution in [2.75, 3.05) is 7.11 Å². The van der Waals surface area contributed by atoms with Crippen molar-refractivity contribution in [1.82, 2.24) is 14.8 Å². The van der Waals surface area contributed by atoms with Crippen LogP contribution in [0.5, 0.6) is 0 Å². The number of esters is 1. The Hall–Kier alpha value is -3.21. The summed E-state index contributed by atoms with van der Waals surface area (Å²) in [6, 6.07) is 13.6. The summed E-state index contributed by atoms with van der Waals surface area (Å²) in [5, 5.41) is 4.64. The Bertz CT molecular complexity index is 824. The fourth-order valence-electron chi connectivity index (χ4n) is 2.18. The fourth-order valence-corrected chi connectivity index (χ4v) is 2.18.